The van der Waals surface area contributed by atoms with Gasteiger partial charge in [-0.3, -0.25) is 9.59 Å². The number of carbonyl (C=O) groups is 2. The highest BCUT2D eigenvalue weighted by Gasteiger charge is 2.67. The summed E-state index contributed by atoms with van der Waals surface area (Å²) >= 11 is 0. The maximum Gasteiger partial charge on any atom is 0.244 e. The number of nitrogens with zero attached hydrogens (tertiary/aromatic N) is 2. The molecule has 144 valence electrons. The van der Waals surface area contributed by atoms with Crippen molar-refractivity contribution in [1.82, 2.24) is 9.80 Å². The molecular formula is C23H25N3O2. The first kappa shape index (κ1) is 17.4. The number of rotatable bonds is 2. The van der Waals surface area contributed by atoms with Crippen molar-refractivity contribution in [3.05, 3.63) is 65.2 Å². The lowest BCUT2D eigenvalue weighted by atomic mass is 9.72. The van der Waals surface area contributed by atoms with Gasteiger partial charge in [0.05, 0.1) is 5.54 Å². The maximum absolute atomic E-state index is 14.0. The molecule has 1 fully saturated rings. The molecule has 3 aliphatic rings. The molecule has 2 amide bonds. The summed E-state index contributed by atoms with van der Waals surface area (Å²) in [6.07, 6.45) is 1.29. The second-order valence-corrected chi connectivity index (χ2v) is 8.81. The van der Waals surface area contributed by atoms with Crippen LogP contribution >= 0.6 is 0 Å². The highest BCUT2D eigenvalue weighted by atomic mass is 16.2. The van der Waals surface area contributed by atoms with Gasteiger partial charge in [-0.15, -0.1) is 0 Å². The minimum absolute atomic E-state index is 0.0438. The van der Waals surface area contributed by atoms with E-state index in [2.05, 4.69) is 35.3 Å². The van der Waals surface area contributed by atoms with Gasteiger partial charge in [-0.25, -0.2) is 0 Å². The number of hydrogen-bond donors (Lipinski definition) is 1. The zero-order chi connectivity index (χ0) is 19.7. The van der Waals surface area contributed by atoms with E-state index < -0.39 is 11.0 Å². The Balaban J connectivity index is 1.72. The SMILES string of the molecule is CN(C)C[C@@H]1Cc2ccccc2[C@@]2(C)C[C@@]3(C(=O)Nc4ccccc43)C(=O)N12. The number of likely N-dealkylation sites (N-methyl/N-ethyl adjacent to an activating group) is 1. The van der Waals surface area contributed by atoms with Gasteiger partial charge >= 0.3 is 0 Å². The fourth-order valence-corrected chi connectivity index (χ4v) is 5.74. The van der Waals surface area contributed by atoms with Crippen molar-refractivity contribution >= 4 is 17.5 Å². The molecule has 1 spiro atoms. The summed E-state index contributed by atoms with van der Waals surface area (Å²) in [5.41, 5.74) is 2.41. The lowest BCUT2D eigenvalue weighted by Gasteiger charge is -2.47. The van der Waals surface area contributed by atoms with E-state index in [0.29, 0.717) is 6.42 Å². The number of carbonyl (C=O) groups excluding carboxylic acids is 2. The molecule has 5 rings (SSSR count). The number of hydrogen-bond acceptors (Lipinski definition) is 3. The predicted molar refractivity (Wildman–Crippen MR) is 108 cm³/mol. The smallest absolute Gasteiger partial charge is 0.244 e. The van der Waals surface area contributed by atoms with Gasteiger partial charge in [0.2, 0.25) is 11.8 Å². The van der Waals surface area contributed by atoms with E-state index in [1.165, 1.54) is 11.1 Å². The van der Waals surface area contributed by atoms with E-state index >= 15 is 0 Å². The van der Waals surface area contributed by atoms with E-state index in [1.807, 2.05) is 49.3 Å². The molecular weight excluding hydrogens is 350 g/mol. The number of para-hydroxylation sites is 1. The monoisotopic (exact) mass is 375 g/mol. The molecule has 2 aromatic carbocycles. The molecule has 0 unspecified atom stereocenters. The van der Waals surface area contributed by atoms with Gasteiger partial charge in [-0.2, -0.15) is 0 Å². The fourth-order valence-electron chi connectivity index (χ4n) is 5.74. The second-order valence-electron chi connectivity index (χ2n) is 8.81. The largest absolute Gasteiger partial charge is 0.327 e. The van der Waals surface area contributed by atoms with E-state index in [9.17, 15) is 9.59 Å². The second kappa shape index (κ2) is 5.67. The third kappa shape index (κ3) is 2.05. The van der Waals surface area contributed by atoms with E-state index in [4.69, 9.17) is 0 Å². The number of benzene rings is 2. The molecule has 0 saturated carbocycles. The summed E-state index contributed by atoms with van der Waals surface area (Å²) in [7, 11) is 4.07. The predicted octanol–water partition coefficient (Wildman–Crippen LogP) is 2.51. The van der Waals surface area contributed by atoms with Crippen molar-refractivity contribution in [3.8, 4) is 0 Å². The Bertz CT molecular complexity index is 1000. The summed E-state index contributed by atoms with van der Waals surface area (Å²) in [4.78, 5) is 31.4. The first-order valence-electron chi connectivity index (χ1n) is 9.86. The van der Waals surface area contributed by atoms with Crippen molar-refractivity contribution in [3.63, 3.8) is 0 Å². The van der Waals surface area contributed by atoms with Crippen LogP contribution in [0.1, 0.15) is 30.0 Å². The molecule has 3 heterocycles. The van der Waals surface area contributed by atoms with Crippen LogP contribution in [0.5, 0.6) is 0 Å². The standard InChI is InChI=1S/C23H25N3O2/c1-22-14-23(18-10-6-7-11-19(18)24-20(23)27)21(28)26(22)16(13-25(2)3)12-15-8-4-5-9-17(15)22/h4-11,16H,12-14H2,1-3H3,(H,24,27)/t16-,22+,23+/m0/s1. The normalized spacial score (nSPS) is 30.4. The summed E-state index contributed by atoms with van der Waals surface area (Å²) in [5, 5.41) is 2.97. The van der Waals surface area contributed by atoms with Crippen molar-refractivity contribution in [1.29, 1.82) is 0 Å². The van der Waals surface area contributed by atoms with Crippen LogP contribution < -0.4 is 5.32 Å². The molecule has 28 heavy (non-hydrogen) atoms. The Hall–Kier alpha value is -2.66. The molecule has 3 aliphatic heterocycles. The van der Waals surface area contributed by atoms with Crippen molar-refractivity contribution in [2.45, 2.75) is 36.8 Å². The van der Waals surface area contributed by atoms with Crippen LogP contribution in [0.3, 0.4) is 0 Å². The van der Waals surface area contributed by atoms with Crippen LogP contribution in [0.4, 0.5) is 5.69 Å². The van der Waals surface area contributed by atoms with Crippen LogP contribution in [0.2, 0.25) is 0 Å². The molecule has 2 aromatic rings. The minimum Gasteiger partial charge on any atom is -0.327 e. The Labute approximate surface area is 165 Å². The molecule has 5 nitrogen and oxygen atoms in total. The number of amides is 2. The van der Waals surface area contributed by atoms with Gasteiger partial charge in [0.1, 0.15) is 0 Å². The quantitative estimate of drug-likeness (QED) is 0.821. The number of anilines is 1. The molecule has 0 aromatic heterocycles. The van der Waals surface area contributed by atoms with Crippen molar-refractivity contribution < 1.29 is 9.59 Å². The minimum atomic E-state index is -1.13. The van der Waals surface area contributed by atoms with Crippen LogP contribution in [0.15, 0.2) is 48.5 Å². The number of fused-ring (bicyclic) bond motifs is 5. The topological polar surface area (TPSA) is 52.7 Å². The number of nitrogens with one attached hydrogen (secondary N) is 1. The zero-order valence-electron chi connectivity index (χ0n) is 16.5. The third-order valence-corrected chi connectivity index (χ3v) is 6.74. The van der Waals surface area contributed by atoms with E-state index in [1.54, 1.807) is 0 Å². The first-order valence-corrected chi connectivity index (χ1v) is 9.86. The Kier molecular flexibility index (Phi) is 3.53. The van der Waals surface area contributed by atoms with Gasteiger partial charge in [0.15, 0.2) is 5.41 Å². The highest BCUT2D eigenvalue weighted by Crippen LogP contribution is 2.57. The van der Waals surface area contributed by atoms with Gasteiger partial charge in [0.25, 0.3) is 0 Å². The Morgan fingerprint density at radius 2 is 1.75 bits per heavy atom. The molecule has 1 N–H and O–H groups in total. The van der Waals surface area contributed by atoms with Crippen molar-refractivity contribution in [2.75, 3.05) is 26.0 Å². The highest BCUT2D eigenvalue weighted by molar-refractivity contribution is 6.22. The Morgan fingerprint density at radius 1 is 1.07 bits per heavy atom. The summed E-state index contributed by atoms with van der Waals surface area (Å²) < 4.78 is 0. The lowest BCUT2D eigenvalue weighted by Crippen LogP contribution is -2.56. The molecule has 1 saturated heterocycles. The van der Waals surface area contributed by atoms with Crippen LogP contribution in [-0.2, 0) is 27.0 Å². The van der Waals surface area contributed by atoms with E-state index in [0.717, 1.165) is 24.2 Å². The molecule has 5 heteroatoms. The average molecular weight is 375 g/mol. The van der Waals surface area contributed by atoms with Crippen LogP contribution in [0, 0.1) is 0 Å². The van der Waals surface area contributed by atoms with Crippen LogP contribution in [-0.4, -0.2) is 48.3 Å². The van der Waals surface area contributed by atoms with Crippen molar-refractivity contribution in [2.24, 2.45) is 0 Å². The average Bonchev–Trinajstić information content (AvgIpc) is 3.07. The fraction of sp³-hybridized carbons (Fsp3) is 0.391. The van der Waals surface area contributed by atoms with Gasteiger partial charge in [-0.1, -0.05) is 42.5 Å². The van der Waals surface area contributed by atoms with Gasteiger partial charge < -0.3 is 15.1 Å². The lowest BCUT2D eigenvalue weighted by molar-refractivity contribution is -0.141. The molecule has 3 atom stereocenters. The maximum atomic E-state index is 14.0. The zero-order valence-corrected chi connectivity index (χ0v) is 16.5. The van der Waals surface area contributed by atoms with Crippen LogP contribution in [0.25, 0.3) is 0 Å². The van der Waals surface area contributed by atoms with E-state index in [-0.39, 0.29) is 17.9 Å². The molecule has 0 aliphatic carbocycles. The molecule has 0 bridgehead atoms. The molecule has 0 radical (unpaired) electrons. The summed E-state index contributed by atoms with van der Waals surface area (Å²) in [6.45, 7) is 2.91. The summed E-state index contributed by atoms with van der Waals surface area (Å²) in [5.74, 6) is -0.241. The van der Waals surface area contributed by atoms with Gasteiger partial charge in [-0.05, 0) is 44.6 Å². The third-order valence-electron chi connectivity index (χ3n) is 6.74. The summed E-state index contributed by atoms with van der Waals surface area (Å²) in [6, 6.07) is 16.1. The first-order chi connectivity index (χ1) is 13.4. The van der Waals surface area contributed by atoms with Gasteiger partial charge in [0, 0.05) is 30.3 Å². The Morgan fingerprint density at radius 3 is 2.50 bits per heavy atom.